The molecule has 10 rings (SSSR count). The smallest absolute Gasteiger partial charge is 0.407 e. The standard InChI is InChI=1S/C31H34F3N5O4S.C27H27F3N4O2S/c1-17-9-11-22(12-10-17)44(41,42)39-16-24(23-13-19(32)14-25(33)27(23)39)28-35-18(2)26(34)29(38-28)36-20-7-6-8-21(15-20)37-30(40)43-31(3,4)5;1-15-7-9-20(10-8-15)37(35,36)34-14-22(21-12-18(28)13-23(29)25(21)34)26-31-17(3)24(30)27(33-26)32-19-6-4-5-16(2)11-19/h9-14,16,20-21H,6-8,15H2,1-5H3,(H,37,40)(H,35,36,38);7-10,12-14,16,19H,4-6,11H2,1-3H3,(H,31,32,33)/t20-,21+;16-,19+/m01/s1. The maximum absolute atomic E-state index is 15.3. The van der Waals surface area contributed by atoms with Gasteiger partial charge in [-0.3, -0.25) is 0 Å². The van der Waals surface area contributed by atoms with Crippen LogP contribution < -0.4 is 16.0 Å². The molecule has 0 aliphatic heterocycles. The molecule has 0 unspecified atom stereocenters. The van der Waals surface area contributed by atoms with E-state index in [0.29, 0.717) is 30.9 Å². The second-order valence-corrected chi connectivity index (χ2v) is 25.6. The van der Waals surface area contributed by atoms with Crippen LogP contribution in [0.1, 0.15) is 102 Å². The number of rotatable bonds is 11. The number of hydrogen-bond acceptors (Lipinski definition) is 12. The number of nitrogens with zero attached hydrogens (tertiary/aromatic N) is 6. The van der Waals surface area contributed by atoms with Gasteiger partial charge < -0.3 is 20.7 Å². The summed E-state index contributed by atoms with van der Waals surface area (Å²) in [6.07, 6.45) is 8.24. The molecular weight excluding hydrogens is 1100 g/mol. The molecule has 0 radical (unpaired) electrons. The number of benzene rings is 4. The molecule has 428 valence electrons. The summed E-state index contributed by atoms with van der Waals surface area (Å²) >= 11 is 0. The maximum atomic E-state index is 15.3. The highest BCUT2D eigenvalue weighted by molar-refractivity contribution is 7.90. The Hall–Kier alpha value is -7.53. The highest BCUT2D eigenvalue weighted by Crippen LogP contribution is 2.38. The summed E-state index contributed by atoms with van der Waals surface area (Å²) in [5.74, 6) is -5.09. The lowest BCUT2D eigenvalue weighted by atomic mass is 9.87. The van der Waals surface area contributed by atoms with Crippen molar-refractivity contribution in [3.05, 3.63) is 143 Å². The molecule has 4 aromatic heterocycles. The van der Waals surface area contributed by atoms with Crippen molar-refractivity contribution in [1.82, 2.24) is 33.2 Å². The van der Waals surface area contributed by atoms with Crippen LogP contribution in [-0.4, -0.2) is 74.5 Å². The largest absolute Gasteiger partial charge is 0.444 e. The second-order valence-electron chi connectivity index (χ2n) is 21.9. The van der Waals surface area contributed by atoms with Crippen LogP contribution in [0.5, 0.6) is 0 Å². The first-order valence-electron chi connectivity index (χ1n) is 26.4. The van der Waals surface area contributed by atoms with Gasteiger partial charge in [0.1, 0.15) is 28.3 Å². The summed E-state index contributed by atoms with van der Waals surface area (Å²) < 4.78 is 151. The first kappa shape index (κ1) is 58.1. The van der Waals surface area contributed by atoms with Crippen LogP contribution in [-0.2, 0) is 24.8 Å². The van der Waals surface area contributed by atoms with E-state index in [-0.39, 0.29) is 95.5 Å². The number of aryl methyl sites for hydroxylation is 4. The highest BCUT2D eigenvalue weighted by atomic mass is 32.2. The predicted octanol–water partition coefficient (Wildman–Crippen LogP) is 13.0. The molecule has 2 saturated carbocycles. The fourth-order valence-corrected chi connectivity index (χ4v) is 13.1. The van der Waals surface area contributed by atoms with Gasteiger partial charge in [0.2, 0.25) is 0 Å². The van der Waals surface area contributed by atoms with Crippen molar-refractivity contribution < 1.29 is 52.7 Å². The SMILES string of the molecule is Cc1ccc(S(=O)(=O)n2cc(-c3nc(C)c(F)c(N[C@H]4CCC[C@@H](C)C4)n3)c3cc(F)cc(F)c32)cc1.Cc1ccc(S(=O)(=O)n2cc(-c3nc(C)c(F)c(N[C@H]4CCC[C@@H](NC(=O)OC(C)(C)C)C4)n3)c3cc(F)cc(F)c32)cc1. The summed E-state index contributed by atoms with van der Waals surface area (Å²) in [5, 5.41) is 9.01. The van der Waals surface area contributed by atoms with Crippen LogP contribution >= 0.6 is 0 Å². The van der Waals surface area contributed by atoms with Crippen molar-refractivity contribution in [1.29, 1.82) is 0 Å². The number of fused-ring (bicyclic) bond motifs is 2. The fourth-order valence-electron chi connectivity index (χ4n) is 10.3. The van der Waals surface area contributed by atoms with Gasteiger partial charge in [-0.15, -0.1) is 0 Å². The molecule has 8 aromatic rings. The van der Waals surface area contributed by atoms with E-state index in [9.17, 15) is 30.4 Å². The Bertz CT molecular complexity index is 3950. The van der Waals surface area contributed by atoms with Gasteiger partial charge >= 0.3 is 6.09 Å². The molecule has 2 fully saturated rings. The van der Waals surface area contributed by atoms with Crippen LogP contribution in [0.2, 0.25) is 0 Å². The number of carbonyl (C=O) groups excluding carboxylic acids is 1. The molecule has 81 heavy (non-hydrogen) atoms. The van der Waals surface area contributed by atoms with Gasteiger partial charge in [-0.1, -0.05) is 55.2 Å². The van der Waals surface area contributed by atoms with E-state index in [1.54, 1.807) is 52.0 Å². The lowest BCUT2D eigenvalue weighted by Crippen LogP contribution is -2.44. The highest BCUT2D eigenvalue weighted by Gasteiger charge is 2.31. The van der Waals surface area contributed by atoms with Gasteiger partial charge in [0.25, 0.3) is 20.0 Å². The summed E-state index contributed by atoms with van der Waals surface area (Å²) in [7, 11) is -8.57. The topological polar surface area (TPSA) is 192 Å². The quantitative estimate of drug-likeness (QED) is 0.104. The minimum Gasteiger partial charge on any atom is -0.444 e. The number of hydrogen-bond donors (Lipinski definition) is 3. The van der Waals surface area contributed by atoms with Crippen molar-refractivity contribution in [3.63, 3.8) is 0 Å². The molecule has 0 spiro atoms. The molecule has 4 aromatic carbocycles. The number of ether oxygens (including phenoxy) is 1. The summed E-state index contributed by atoms with van der Waals surface area (Å²) in [6.45, 7) is 14.0. The van der Waals surface area contributed by atoms with Crippen LogP contribution in [0.3, 0.4) is 0 Å². The van der Waals surface area contributed by atoms with Crippen LogP contribution in [0.15, 0.2) is 95.0 Å². The average molecular weight is 1160 g/mol. The van der Waals surface area contributed by atoms with E-state index in [4.69, 9.17) is 4.74 Å². The molecule has 0 bridgehead atoms. The van der Waals surface area contributed by atoms with E-state index in [0.717, 1.165) is 75.9 Å². The van der Waals surface area contributed by atoms with E-state index < -0.39 is 66.6 Å². The fraction of sp³-hybridized carbons (Fsp3) is 0.362. The van der Waals surface area contributed by atoms with E-state index >= 15 is 17.6 Å². The van der Waals surface area contributed by atoms with Gasteiger partial charge in [-0.25, -0.2) is 75.9 Å². The lowest BCUT2D eigenvalue weighted by Gasteiger charge is -2.31. The van der Waals surface area contributed by atoms with Crippen LogP contribution in [0, 0.1) is 68.5 Å². The Morgan fingerprint density at radius 1 is 0.580 bits per heavy atom. The lowest BCUT2D eigenvalue weighted by molar-refractivity contribution is 0.0491. The molecule has 1 amide bonds. The normalized spacial score (nSPS) is 17.9. The minimum absolute atomic E-state index is 0.00773. The number of carbonyl (C=O) groups is 1. The molecule has 23 heteroatoms. The molecule has 0 saturated heterocycles. The van der Waals surface area contributed by atoms with Crippen molar-refractivity contribution in [2.75, 3.05) is 10.6 Å². The third-order valence-corrected chi connectivity index (χ3v) is 17.6. The Kier molecular flexibility index (Phi) is 16.4. The second kappa shape index (κ2) is 22.8. The van der Waals surface area contributed by atoms with Crippen molar-refractivity contribution in [3.8, 4) is 22.8 Å². The van der Waals surface area contributed by atoms with Crippen LogP contribution in [0.25, 0.3) is 44.6 Å². The number of halogens is 6. The monoisotopic (exact) mass is 1160 g/mol. The molecule has 2 aliphatic carbocycles. The zero-order valence-electron chi connectivity index (χ0n) is 45.8. The third kappa shape index (κ3) is 12.5. The maximum Gasteiger partial charge on any atom is 0.407 e. The van der Waals surface area contributed by atoms with Crippen molar-refractivity contribution >= 4 is 59.6 Å². The Morgan fingerprint density at radius 2 is 0.988 bits per heavy atom. The summed E-state index contributed by atoms with van der Waals surface area (Å²) in [5.41, 5.74) is 0.391. The van der Waals surface area contributed by atoms with E-state index in [1.807, 2.05) is 6.92 Å². The first-order valence-corrected chi connectivity index (χ1v) is 29.3. The Balaban J connectivity index is 0.000000198. The average Bonchev–Trinajstić information content (AvgIpc) is 4.02. The Morgan fingerprint density at radius 3 is 1.41 bits per heavy atom. The molecule has 4 atom stereocenters. The zero-order chi connectivity index (χ0) is 58.5. The third-order valence-electron chi connectivity index (χ3n) is 14.3. The van der Waals surface area contributed by atoms with Crippen LogP contribution in [0.4, 0.5) is 42.8 Å². The van der Waals surface area contributed by atoms with Gasteiger partial charge in [-0.05, 0) is 129 Å². The first-order chi connectivity index (χ1) is 38.2. The Labute approximate surface area is 465 Å². The number of nitrogens with one attached hydrogen (secondary N) is 3. The number of amides is 1. The van der Waals surface area contributed by atoms with Crippen molar-refractivity contribution in [2.24, 2.45) is 5.92 Å². The zero-order valence-corrected chi connectivity index (χ0v) is 47.4. The molecular formula is C58H61F6N9O6S2. The number of aromatic nitrogens is 6. The molecule has 3 N–H and O–H groups in total. The number of alkyl carbamates (subject to hydrolysis) is 1. The molecule has 4 heterocycles. The molecule has 2 aliphatic rings. The summed E-state index contributed by atoms with van der Waals surface area (Å²) in [4.78, 5) is 29.3. The van der Waals surface area contributed by atoms with Crippen molar-refractivity contribution in [2.45, 2.75) is 140 Å². The minimum atomic E-state index is -4.32. The summed E-state index contributed by atoms with van der Waals surface area (Å²) in [6, 6.07) is 14.9. The van der Waals surface area contributed by atoms with Gasteiger partial charge in [-0.2, -0.15) is 0 Å². The van der Waals surface area contributed by atoms with E-state index in [2.05, 4.69) is 42.8 Å². The van der Waals surface area contributed by atoms with Gasteiger partial charge in [0.15, 0.2) is 46.6 Å². The van der Waals surface area contributed by atoms with E-state index in [1.165, 1.54) is 44.3 Å². The molecule has 15 nitrogen and oxygen atoms in total. The van der Waals surface area contributed by atoms with Gasteiger partial charge in [0, 0.05) is 64.6 Å². The predicted molar refractivity (Wildman–Crippen MR) is 297 cm³/mol. The number of anilines is 2. The van der Waals surface area contributed by atoms with Gasteiger partial charge in [0.05, 0.1) is 21.2 Å².